The molecular formula is C42H78N4O3. The monoisotopic (exact) mass is 687 g/mol. The molecule has 0 radical (unpaired) electrons. The number of aliphatic hydroxyl groups is 1. The third-order valence-electron chi connectivity index (χ3n) is 7.97. The van der Waals surface area contributed by atoms with Crippen molar-refractivity contribution in [3.05, 3.63) is 84.0 Å². The Morgan fingerprint density at radius 3 is 1.80 bits per heavy atom. The number of piperidine rings is 1. The predicted molar refractivity (Wildman–Crippen MR) is 220 cm³/mol. The molecule has 0 unspecified atom stereocenters. The lowest BCUT2D eigenvalue weighted by Gasteiger charge is -2.30. The number of aliphatic imine (C=N–C) groups is 1. The second-order valence-electron chi connectivity index (χ2n) is 12.3. The summed E-state index contributed by atoms with van der Waals surface area (Å²) in [5.74, 6) is 3.28. The van der Waals surface area contributed by atoms with Crippen LogP contribution in [0.4, 0.5) is 0 Å². The van der Waals surface area contributed by atoms with Crippen LogP contribution in [0, 0.1) is 11.8 Å². The van der Waals surface area contributed by atoms with Crippen molar-refractivity contribution >= 4 is 11.6 Å². The highest BCUT2D eigenvalue weighted by molar-refractivity contribution is 5.74. The van der Waals surface area contributed by atoms with Crippen LogP contribution in [0.3, 0.4) is 0 Å². The Labute approximate surface area is 303 Å². The summed E-state index contributed by atoms with van der Waals surface area (Å²) < 4.78 is 5.24. The van der Waals surface area contributed by atoms with Crippen LogP contribution in [0.2, 0.25) is 0 Å². The number of allylic oxidation sites excluding steroid dienone is 3. The second-order valence-corrected chi connectivity index (χ2v) is 12.3. The first-order valence-corrected chi connectivity index (χ1v) is 18.1. The average molecular weight is 687 g/mol. The maximum absolute atomic E-state index is 9.64. The molecule has 5 N–H and O–H groups in total. The van der Waals surface area contributed by atoms with Gasteiger partial charge < -0.3 is 26.0 Å². The highest BCUT2D eigenvalue weighted by Gasteiger charge is 2.17. The number of aromatic hydroxyl groups is 1. The van der Waals surface area contributed by atoms with Gasteiger partial charge in [0.1, 0.15) is 17.3 Å². The molecule has 1 fully saturated rings. The van der Waals surface area contributed by atoms with E-state index in [4.69, 9.17) is 15.6 Å². The van der Waals surface area contributed by atoms with E-state index in [2.05, 4.69) is 83.1 Å². The van der Waals surface area contributed by atoms with Gasteiger partial charge >= 0.3 is 0 Å². The Balaban J connectivity index is -0.000000289. The normalized spacial score (nSPS) is 13.0. The summed E-state index contributed by atoms with van der Waals surface area (Å²) in [5, 5.41) is 21.0. The number of nitrogens with one attached hydrogen (secondary N) is 1. The lowest BCUT2D eigenvalue weighted by Crippen LogP contribution is -2.32. The molecule has 0 aromatic heterocycles. The molecule has 7 heteroatoms. The molecule has 49 heavy (non-hydrogen) atoms. The summed E-state index contributed by atoms with van der Waals surface area (Å²) >= 11 is 0. The third kappa shape index (κ3) is 29.2. The predicted octanol–water partition coefficient (Wildman–Crippen LogP) is 11.5. The Bertz CT molecular complexity index is 1090. The van der Waals surface area contributed by atoms with E-state index in [1.54, 1.807) is 33.0 Å². The van der Waals surface area contributed by atoms with Crippen molar-refractivity contribution in [1.29, 1.82) is 0 Å². The van der Waals surface area contributed by atoms with Gasteiger partial charge in [-0.1, -0.05) is 113 Å². The lowest BCUT2D eigenvalue weighted by atomic mass is 9.97. The van der Waals surface area contributed by atoms with Gasteiger partial charge in [0.25, 0.3) is 0 Å². The maximum atomic E-state index is 9.64. The molecule has 284 valence electrons. The Morgan fingerprint density at radius 1 is 1.00 bits per heavy atom. The van der Waals surface area contributed by atoms with Gasteiger partial charge in [0, 0.05) is 50.1 Å². The molecule has 0 spiro atoms. The van der Waals surface area contributed by atoms with Crippen molar-refractivity contribution in [2.24, 2.45) is 22.6 Å². The van der Waals surface area contributed by atoms with Crippen LogP contribution in [0.15, 0.2) is 77.9 Å². The molecule has 1 aliphatic rings. The molecule has 0 saturated carbocycles. The minimum Gasteiger partial charge on any atom is -0.508 e. The summed E-state index contributed by atoms with van der Waals surface area (Å²) in [6.07, 6.45) is 7.85. The SMILES string of the molecule is C=C(C)C(=C)O.C=C(NC)c1cc(O)ccc1CN1CCC(C)CC1.C=C(OC(C)=NC)/C(C)=C(/C)N.CC.CCC(C)CC.CCCC. The number of likely N-dealkylation sites (tertiary alicyclic amines) is 1. The minimum absolute atomic E-state index is 0.0648. The molecule has 1 aliphatic heterocycles. The Hall–Kier alpha value is -3.45. The zero-order chi connectivity index (χ0) is 39.1. The molecule has 0 aliphatic carbocycles. The highest BCUT2D eigenvalue weighted by atomic mass is 16.5. The second kappa shape index (κ2) is 33.1. The van der Waals surface area contributed by atoms with E-state index in [1.807, 2.05) is 40.8 Å². The fourth-order valence-corrected chi connectivity index (χ4v) is 3.39. The molecule has 2 rings (SSSR count). The van der Waals surface area contributed by atoms with E-state index < -0.39 is 0 Å². The van der Waals surface area contributed by atoms with Gasteiger partial charge in [0.15, 0.2) is 5.90 Å². The van der Waals surface area contributed by atoms with Crippen molar-refractivity contribution in [3.63, 3.8) is 0 Å². The van der Waals surface area contributed by atoms with E-state index in [0.717, 1.165) is 48.3 Å². The summed E-state index contributed by atoms with van der Waals surface area (Å²) in [4.78, 5) is 6.33. The minimum atomic E-state index is 0.0648. The number of benzene rings is 1. The van der Waals surface area contributed by atoms with Crippen LogP contribution in [-0.4, -0.2) is 48.2 Å². The molecule has 1 aromatic rings. The molecule has 7 nitrogen and oxygen atoms in total. The van der Waals surface area contributed by atoms with Crippen LogP contribution in [0.1, 0.15) is 133 Å². The molecule has 1 heterocycles. The largest absolute Gasteiger partial charge is 0.508 e. The summed E-state index contributed by atoms with van der Waals surface area (Å²) in [6.45, 7) is 42.2. The molecule has 1 aromatic carbocycles. The van der Waals surface area contributed by atoms with Crippen molar-refractivity contribution in [1.82, 2.24) is 10.2 Å². The van der Waals surface area contributed by atoms with Gasteiger partial charge in [0.05, 0.1) is 0 Å². The quantitative estimate of drug-likeness (QED) is 0.0845. The van der Waals surface area contributed by atoms with Gasteiger partial charge in [-0.2, -0.15) is 0 Å². The molecule has 0 atom stereocenters. The number of hydrogen-bond acceptors (Lipinski definition) is 7. The fraction of sp³-hybridized carbons (Fsp3) is 0.595. The standard InChI is InChI=1S/C16H24N2O.C9H16N2O.C6H14.C5H8O.C4H10.C2H6/c1-12-6-8-18(9-7-12)11-14-4-5-15(19)10-16(14)13(2)17-3;1-6(7(2)10)8(3)12-9(4)11-5;1-4-6(3)5-2;1-4(2)5(3)6;1-3-4-2;1-2/h4-5,10,12,17,19H,2,6-9,11H2,1,3H3;3,10H2,1-2,4-5H3;6H,4-5H2,1-3H3;6H,1,3H2,2H3;3-4H2,1-2H3;1-2H3/b;7-6-,11-9?;;;;. The Morgan fingerprint density at radius 2 is 1.47 bits per heavy atom. The van der Waals surface area contributed by atoms with Gasteiger partial charge in [-0.15, -0.1) is 0 Å². The number of phenolic OH excluding ortho intramolecular Hbond substituents is 1. The van der Waals surface area contributed by atoms with E-state index in [-0.39, 0.29) is 5.76 Å². The number of rotatable bonds is 10. The van der Waals surface area contributed by atoms with Crippen molar-refractivity contribution in [3.8, 4) is 5.75 Å². The number of unbranched alkanes of at least 4 members (excludes halogenated alkanes) is 1. The van der Waals surface area contributed by atoms with Crippen molar-refractivity contribution in [2.75, 3.05) is 27.2 Å². The topological polar surface area (TPSA) is 103 Å². The summed E-state index contributed by atoms with van der Waals surface area (Å²) in [6, 6.07) is 5.56. The Kier molecular flexibility index (Phi) is 35.3. The van der Waals surface area contributed by atoms with Crippen LogP contribution in [0.25, 0.3) is 5.70 Å². The number of nitrogens with two attached hydrogens (primary N) is 1. The summed E-state index contributed by atoms with van der Waals surface area (Å²) in [5.41, 5.74) is 10.8. The molecule has 0 bridgehead atoms. The van der Waals surface area contributed by atoms with E-state index in [1.165, 1.54) is 44.1 Å². The number of hydrogen-bond donors (Lipinski definition) is 4. The third-order valence-corrected chi connectivity index (χ3v) is 7.97. The van der Waals surface area contributed by atoms with Crippen molar-refractivity contribution < 1.29 is 14.9 Å². The van der Waals surface area contributed by atoms with Crippen molar-refractivity contribution in [2.45, 2.75) is 128 Å². The van der Waals surface area contributed by atoms with Gasteiger partial charge in [0.2, 0.25) is 0 Å². The van der Waals surface area contributed by atoms with E-state index in [0.29, 0.717) is 28.7 Å². The number of nitrogens with zero attached hydrogens (tertiary/aromatic N) is 2. The number of phenols is 1. The highest BCUT2D eigenvalue weighted by Crippen LogP contribution is 2.25. The first-order valence-electron chi connectivity index (χ1n) is 18.1. The number of aliphatic hydroxyl groups excluding tert-OH is 1. The summed E-state index contributed by atoms with van der Waals surface area (Å²) in [7, 11) is 3.52. The lowest BCUT2D eigenvalue weighted by molar-refractivity contribution is 0.185. The smallest absolute Gasteiger partial charge is 0.186 e. The van der Waals surface area contributed by atoms with Gasteiger partial charge in [-0.3, -0.25) is 9.89 Å². The average Bonchev–Trinajstić information content (AvgIpc) is 3.10. The first-order chi connectivity index (χ1) is 22.9. The van der Waals surface area contributed by atoms with Crippen LogP contribution < -0.4 is 11.1 Å². The number of ether oxygens (including phenoxy) is 1. The fourth-order valence-electron chi connectivity index (χ4n) is 3.39. The van der Waals surface area contributed by atoms with Gasteiger partial charge in [-0.05, 0) is 81.8 Å². The maximum Gasteiger partial charge on any atom is 0.186 e. The van der Waals surface area contributed by atoms with E-state index in [9.17, 15) is 5.11 Å². The van der Waals surface area contributed by atoms with Crippen LogP contribution >= 0.6 is 0 Å². The molecular weight excluding hydrogens is 608 g/mol. The first kappa shape index (κ1) is 52.4. The zero-order valence-corrected chi connectivity index (χ0v) is 34.4. The van der Waals surface area contributed by atoms with Crippen LogP contribution in [0.5, 0.6) is 5.75 Å². The zero-order valence-electron chi connectivity index (χ0n) is 34.4. The van der Waals surface area contributed by atoms with E-state index >= 15 is 0 Å². The van der Waals surface area contributed by atoms with Gasteiger partial charge in [-0.25, -0.2) is 0 Å². The molecule has 0 amide bonds. The van der Waals surface area contributed by atoms with Crippen LogP contribution in [-0.2, 0) is 11.3 Å². The molecule has 1 saturated heterocycles.